The molecule has 1 N–H and O–H groups in total. The van der Waals surface area contributed by atoms with Gasteiger partial charge in [0.15, 0.2) is 5.69 Å². The molecular weight excluding hydrogens is 418 g/mol. The number of aryl methyl sites for hydroxylation is 1. The molecule has 2 aromatic heterocycles. The summed E-state index contributed by atoms with van der Waals surface area (Å²) in [5.74, 6) is -1.02. The zero-order chi connectivity index (χ0) is 22.7. The van der Waals surface area contributed by atoms with Crippen molar-refractivity contribution in [2.45, 2.75) is 6.92 Å². The summed E-state index contributed by atoms with van der Waals surface area (Å²) in [6, 6.07) is 7.06. The summed E-state index contributed by atoms with van der Waals surface area (Å²) in [5.41, 5.74) is -0.0364. The quantitative estimate of drug-likeness (QED) is 0.529. The number of morpholine rings is 1. The maximum Gasteiger partial charge on any atom is 0.351 e. The molecule has 1 fully saturated rings. The Labute approximate surface area is 182 Å². The van der Waals surface area contributed by atoms with Gasteiger partial charge < -0.3 is 14.6 Å². The number of ether oxygens (including phenoxy) is 1. The zero-order valence-electron chi connectivity index (χ0n) is 17.8. The molecule has 1 aromatic carbocycles. The van der Waals surface area contributed by atoms with Crippen molar-refractivity contribution in [3.05, 3.63) is 56.6 Å². The van der Waals surface area contributed by atoms with E-state index in [0.717, 1.165) is 27.9 Å². The van der Waals surface area contributed by atoms with Crippen LogP contribution in [0.2, 0.25) is 0 Å². The van der Waals surface area contributed by atoms with E-state index in [1.54, 1.807) is 12.1 Å². The second-order valence-electron chi connectivity index (χ2n) is 7.38. The van der Waals surface area contributed by atoms with Crippen molar-refractivity contribution in [3.8, 4) is 17.2 Å². The van der Waals surface area contributed by atoms with Gasteiger partial charge in [0.05, 0.1) is 18.9 Å². The van der Waals surface area contributed by atoms with Gasteiger partial charge in [-0.15, -0.1) is 0 Å². The molecule has 1 aliphatic rings. The minimum absolute atomic E-state index is 0.176. The lowest BCUT2D eigenvalue weighted by Gasteiger charge is -2.26. The number of hydrogen-bond acceptors (Lipinski definition) is 9. The van der Waals surface area contributed by atoms with Crippen molar-refractivity contribution in [2.24, 2.45) is 7.05 Å². The van der Waals surface area contributed by atoms with E-state index in [-0.39, 0.29) is 17.4 Å². The first kappa shape index (κ1) is 21.6. The average molecular weight is 441 g/mol. The zero-order valence-corrected chi connectivity index (χ0v) is 17.8. The van der Waals surface area contributed by atoms with Crippen molar-refractivity contribution in [2.75, 3.05) is 39.4 Å². The molecule has 1 aliphatic heterocycles. The Morgan fingerprint density at radius 1 is 1.16 bits per heavy atom. The normalized spacial score (nSPS) is 14.4. The first-order valence-electron chi connectivity index (χ1n) is 10.1. The molecule has 12 nitrogen and oxygen atoms in total. The first-order chi connectivity index (χ1) is 15.4. The molecule has 0 bridgehead atoms. The Kier molecular flexibility index (Phi) is 6.23. The minimum Gasteiger partial charge on any atom is -0.379 e. The van der Waals surface area contributed by atoms with E-state index in [4.69, 9.17) is 9.26 Å². The molecule has 0 atom stereocenters. The Morgan fingerprint density at radius 3 is 2.59 bits per heavy atom. The monoisotopic (exact) mass is 441 g/mol. The molecule has 0 unspecified atom stereocenters. The van der Waals surface area contributed by atoms with Crippen molar-refractivity contribution >= 4 is 5.91 Å². The van der Waals surface area contributed by atoms with Gasteiger partial charge in [0.25, 0.3) is 5.56 Å². The maximum atomic E-state index is 12.6. The number of amides is 1. The molecule has 0 saturated carbocycles. The molecule has 4 rings (SSSR count). The van der Waals surface area contributed by atoms with Gasteiger partial charge in [0, 0.05) is 33.2 Å². The van der Waals surface area contributed by atoms with Gasteiger partial charge >= 0.3 is 17.5 Å². The van der Waals surface area contributed by atoms with Crippen LogP contribution < -0.4 is 16.6 Å². The Balaban J connectivity index is 1.54. The van der Waals surface area contributed by atoms with E-state index in [1.165, 1.54) is 7.05 Å². The van der Waals surface area contributed by atoms with Crippen molar-refractivity contribution in [1.29, 1.82) is 0 Å². The highest BCUT2D eigenvalue weighted by Gasteiger charge is 2.22. The van der Waals surface area contributed by atoms with Crippen LogP contribution in [0.3, 0.4) is 0 Å². The molecule has 3 aromatic rings. The standard InChI is InChI=1S/C20H23N7O5/c1-13-3-5-14(6-4-13)27-20(30)25(2)19(29)15(23-27)16-22-18(32-24-16)17(28)21-7-8-26-9-11-31-12-10-26/h3-6H,7-12H2,1-2H3,(H,21,28). The highest BCUT2D eigenvalue weighted by atomic mass is 16.5. The largest absolute Gasteiger partial charge is 0.379 e. The van der Waals surface area contributed by atoms with Crippen molar-refractivity contribution < 1.29 is 14.1 Å². The Bertz CT molecular complexity index is 1220. The van der Waals surface area contributed by atoms with Crippen LogP contribution >= 0.6 is 0 Å². The molecule has 0 aliphatic carbocycles. The van der Waals surface area contributed by atoms with Gasteiger partial charge in [-0.3, -0.25) is 19.1 Å². The summed E-state index contributed by atoms with van der Waals surface area (Å²) in [6.07, 6.45) is 0. The molecule has 12 heteroatoms. The van der Waals surface area contributed by atoms with Gasteiger partial charge in [0.2, 0.25) is 5.82 Å². The number of aromatic nitrogens is 5. The predicted molar refractivity (Wildman–Crippen MR) is 113 cm³/mol. The Hall–Kier alpha value is -3.64. The van der Waals surface area contributed by atoms with Gasteiger partial charge in [0.1, 0.15) is 0 Å². The summed E-state index contributed by atoms with van der Waals surface area (Å²) in [5, 5.41) is 10.6. The minimum atomic E-state index is -0.696. The lowest BCUT2D eigenvalue weighted by atomic mass is 10.2. The third kappa shape index (κ3) is 4.50. The summed E-state index contributed by atoms with van der Waals surface area (Å²) in [7, 11) is 1.33. The highest BCUT2D eigenvalue weighted by Crippen LogP contribution is 2.10. The topological polar surface area (TPSA) is 137 Å². The third-order valence-corrected chi connectivity index (χ3v) is 5.10. The van der Waals surface area contributed by atoms with Crippen molar-refractivity contribution in [3.63, 3.8) is 0 Å². The number of benzene rings is 1. The van der Waals surface area contributed by atoms with E-state index in [2.05, 4.69) is 25.5 Å². The van der Waals surface area contributed by atoms with Crippen LogP contribution in [0.25, 0.3) is 17.2 Å². The second-order valence-corrected chi connectivity index (χ2v) is 7.38. The number of rotatable bonds is 6. The summed E-state index contributed by atoms with van der Waals surface area (Å²) < 4.78 is 12.3. The van der Waals surface area contributed by atoms with E-state index >= 15 is 0 Å². The van der Waals surface area contributed by atoms with Crippen LogP contribution in [0.4, 0.5) is 0 Å². The van der Waals surface area contributed by atoms with E-state index in [1.807, 2.05) is 19.1 Å². The molecule has 0 spiro atoms. The molecule has 0 radical (unpaired) electrons. The van der Waals surface area contributed by atoms with Crippen LogP contribution in [0.5, 0.6) is 0 Å². The molecule has 1 saturated heterocycles. The van der Waals surface area contributed by atoms with E-state index in [9.17, 15) is 14.4 Å². The number of nitrogens with one attached hydrogen (secondary N) is 1. The smallest absolute Gasteiger partial charge is 0.351 e. The summed E-state index contributed by atoms with van der Waals surface area (Å²) >= 11 is 0. The second kappa shape index (κ2) is 9.24. The van der Waals surface area contributed by atoms with E-state index in [0.29, 0.717) is 32.0 Å². The van der Waals surface area contributed by atoms with Gasteiger partial charge in [-0.05, 0) is 19.1 Å². The highest BCUT2D eigenvalue weighted by molar-refractivity contribution is 5.89. The lowest BCUT2D eigenvalue weighted by molar-refractivity contribution is 0.0382. The van der Waals surface area contributed by atoms with Gasteiger partial charge in [-0.1, -0.05) is 22.9 Å². The summed E-state index contributed by atoms with van der Waals surface area (Å²) in [4.78, 5) is 43.7. The fourth-order valence-corrected chi connectivity index (χ4v) is 3.21. The Morgan fingerprint density at radius 2 is 1.88 bits per heavy atom. The fourth-order valence-electron chi connectivity index (χ4n) is 3.21. The molecule has 1 amide bonds. The first-order valence-corrected chi connectivity index (χ1v) is 10.1. The summed E-state index contributed by atoms with van der Waals surface area (Å²) in [6.45, 7) is 5.95. The van der Waals surface area contributed by atoms with Crippen molar-refractivity contribution in [1.82, 2.24) is 34.7 Å². The van der Waals surface area contributed by atoms with Gasteiger partial charge in [-0.2, -0.15) is 14.8 Å². The fraction of sp³-hybridized carbons (Fsp3) is 0.400. The third-order valence-electron chi connectivity index (χ3n) is 5.10. The lowest BCUT2D eigenvalue weighted by Crippen LogP contribution is -2.41. The van der Waals surface area contributed by atoms with Gasteiger partial charge in [-0.25, -0.2) is 4.79 Å². The number of carbonyl (C=O) groups excluding carboxylic acids is 1. The average Bonchev–Trinajstić information content (AvgIpc) is 3.29. The predicted octanol–water partition coefficient (Wildman–Crippen LogP) is -0.648. The number of hydrogen-bond donors (Lipinski definition) is 1. The number of carbonyl (C=O) groups is 1. The van der Waals surface area contributed by atoms with Crippen LogP contribution in [0.1, 0.15) is 16.2 Å². The molecular formula is C20H23N7O5. The van der Waals surface area contributed by atoms with Crippen LogP contribution in [0.15, 0.2) is 38.4 Å². The number of nitrogens with zero attached hydrogens (tertiary/aromatic N) is 6. The van der Waals surface area contributed by atoms with E-state index < -0.39 is 17.2 Å². The molecule has 3 heterocycles. The maximum absolute atomic E-state index is 12.6. The molecule has 32 heavy (non-hydrogen) atoms. The SMILES string of the molecule is Cc1ccc(-n2nc(-c3noc(C(=O)NCCN4CCOCC4)n3)c(=O)n(C)c2=O)cc1. The van der Waals surface area contributed by atoms with Crippen LogP contribution in [0, 0.1) is 6.92 Å². The van der Waals surface area contributed by atoms with Crippen LogP contribution in [-0.2, 0) is 11.8 Å². The van der Waals surface area contributed by atoms with Crippen LogP contribution in [-0.4, -0.2) is 74.7 Å². The molecule has 168 valence electrons.